The van der Waals surface area contributed by atoms with Crippen LogP contribution in [0, 0.1) is 6.92 Å². The van der Waals surface area contributed by atoms with Crippen molar-refractivity contribution in [2.75, 3.05) is 0 Å². The first-order valence-electron chi connectivity index (χ1n) is 8.12. The first kappa shape index (κ1) is 21.3. The van der Waals surface area contributed by atoms with E-state index in [0.29, 0.717) is 21.0 Å². The number of pyridine rings is 1. The van der Waals surface area contributed by atoms with E-state index in [-0.39, 0.29) is 5.56 Å². The van der Waals surface area contributed by atoms with E-state index in [2.05, 4.69) is 15.0 Å². The lowest BCUT2D eigenvalue weighted by molar-refractivity contribution is -0.114. The molecule has 1 N–H and O–H groups in total. The van der Waals surface area contributed by atoms with Crippen LogP contribution in [0.2, 0.25) is 10.0 Å². The maximum atomic E-state index is 11.4. The number of hydrogen-bond donors (Lipinski definition) is 1. The summed E-state index contributed by atoms with van der Waals surface area (Å²) >= 11 is 11.5. The minimum absolute atomic E-state index is 0.0856. The molecule has 28 heavy (non-hydrogen) atoms. The molecule has 142 valence electrons. The molecule has 0 saturated heterocycles. The van der Waals surface area contributed by atoms with Gasteiger partial charge in [-0.05, 0) is 77.4 Å². The number of halogens is 2. The van der Waals surface area contributed by atoms with Crippen LogP contribution in [0.1, 0.15) is 18.2 Å². The Morgan fingerprint density at radius 2 is 1.75 bits per heavy atom. The molecule has 2 aromatic carbocycles. The lowest BCUT2D eigenvalue weighted by Gasteiger charge is -1.98. The Morgan fingerprint density at radius 3 is 2.39 bits per heavy atom. The van der Waals surface area contributed by atoms with Gasteiger partial charge in [0, 0.05) is 26.0 Å². The van der Waals surface area contributed by atoms with Gasteiger partial charge in [-0.2, -0.15) is 0 Å². The maximum Gasteiger partial charge on any atom is 0.256 e. The fourth-order valence-corrected chi connectivity index (χ4v) is 2.66. The summed E-state index contributed by atoms with van der Waals surface area (Å²) in [4.78, 5) is 27.7. The van der Waals surface area contributed by atoms with Gasteiger partial charge in [-0.25, -0.2) is 0 Å². The fourth-order valence-electron chi connectivity index (χ4n) is 2.36. The van der Waals surface area contributed by atoms with E-state index in [0.717, 1.165) is 16.6 Å². The van der Waals surface area contributed by atoms with Crippen LogP contribution in [0.5, 0.6) is 0 Å². The number of amides is 1. The third-order valence-electron chi connectivity index (χ3n) is 3.67. The lowest BCUT2D eigenvalue weighted by atomic mass is 10.1. The number of nitrogens with one attached hydrogen (secondary N) is 1. The minimum Gasteiger partial charge on any atom is -0.326 e. The second kappa shape index (κ2) is 9.76. The van der Waals surface area contributed by atoms with Crippen LogP contribution in [0.4, 0.5) is 0 Å². The molecule has 0 spiro atoms. The standard InChI is InChI=1S/C10H8ClN3O.C10H8ClNO/c1-7(10(15)13-14-12)6-8-2-4-9(11)5-3-8;1-6-4-7-2-3-8(11)5-9(7)10(13)12-6/h2-6H,1H3;2-5H,1H3,(H,12,13). The van der Waals surface area contributed by atoms with Gasteiger partial charge in [-0.15, -0.1) is 0 Å². The summed E-state index contributed by atoms with van der Waals surface area (Å²) in [5, 5.41) is 5.76. The average molecular weight is 415 g/mol. The number of aryl methyl sites for hydroxylation is 1. The van der Waals surface area contributed by atoms with Crippen LogP contribution in [0.3, 0.4) is 0 Å². The average Bonchev–Trinajstić information content (AvgIpc) is 2.65. The van der Waals surface area contributed by atoms with Gasteiger partial charge in [0.15, 0.2) is 0 Å². The topological polar surface area (TPSA) is 98.7 Å². The van der Waals surface area contributed by atoms with Crippen LogP contribution in [-0.2, 0) is 4.79 Å². The van der Waals surface area contributed by atoms with Gasteiger partial charge in [0.05, 0.1) is 0 Å². The summed E-state index contributed by atoms with van der Waals surface area (Å²) in [7, 11) is 0. The Hall–Kier alpha value is -3.05. The maximum absolute atomic E-state index is 11.4. The molecule has 1 heterocycles. The number of rotatable bonds is 2. The summed E-state index contributed by atoms with van der Waals surface area (Å²) < 4.78 is 0. The number of carbonyl (C=O) groups excluding carboxylic acids is 1. The van der Waals surface area contributed by atoms with E-state index in [1.165, 1.54) is 0 Å². The third-order valence-corrected chi connectivity index (χ3v) is 4.16. The number of H-pyrrole nitrogens is 1. The Labute approximate surface area is 171 Å². The van der Waals surface area contributed by atoms with E-state index in [4.69, 9.17) is 28.7 Å². The Morgan fingerprint density at radius 1 is 1.11 bits per heavy atom. The molecule has 0 saturated carbocycles. The molecule has 0 fully saturated rings. The van der Waals surface area contributed by atoms with Gasteiger partial charge in [0.2, 0.25) is 5.91 Å². The van der Waals surface area contributed by atoms with Crippen molar-refractivity contribution in [2.45, 2.75) is 13.8 Å². The fraction of sp³-hybridized carbons (Fsp3) is 0.100. The van der Waals surface area contributed by atoms with E-state index in [9.17, 15) is 9.59 Å². The highest BCUT2D eigenvalue weighted by Gasteiger charge is 2.01. The molecule has 0 atom stereocenters. The number of benzene rings is 2. The zero-order valence-corrected chi connectivity index (χ0v) is 16.6. The van der Waals surface area contributed by atoms with Crippen molar-refractivity contribution < 1.29 is 4.79 Å². The number of nitrogens with zero attached hydrogens (tertiary/aromatic N) is 3. The first-order chi connectivity index (χ1) is 13.3. The largest absolute Gasteiger partial charge is 0.326 e. The molecule has 0 bridgehead atoms. The van der Waals surface area contributed by atoms with E-state index >= 15 is 0 Å². The Bertz CT molecular complexity index is 1150. The van der Waals surface area contributed by atoms with Gasteiger partial charge in [-0.1, -0.05) is 41.4 Å². The van der Waals surface area contributed by atoms with Gasteiger partial charge in [0.25, 0.3) is 5.56 Å². The number of aromatic amines is 1. The van der Waals surface area contributed by atoms with Crippen molar-refractivity contribution in [3.63, 3.8) is 0 Å². The second-order valence-corrected chi connectivity index (χ2v) is 6.76. The second-order valence-electron chi connectivity index (χ2n) is 5.89. The normalized spacial score (nSPS) is 10.6. The zero-order chi connectivity index (χ0) is 20.7. The van der Waals surface area contributed by atoms with Gasteiger partial charge in [-0.3, -0.25) is 9.59 Å². The molecular weight excluding hydrogens is 399 g/mol. The number of aromatic nitrogens is 1. The molecule has 3 aromatic rings. The smallest absolute Gasteiger partial charge is 0.256 e. The third kappa shape index (κ3) is 5.99. The van der Waals surface area contributed by atoms with Crippen molar-refractivity contribution >= 4 is 46.0 Å². The van der Waals surface area contributed by atoms with Crippen molar-refractivity contribution in [2.24, 2.45) is 5.11 Å². The molecule has 1 amide bonds. The minimum atomic E-state index is -0.576. The molecule has 6 nitrogen and oxygen atoms in total. The molecule has 1 aromatic heterocycles. The van der Waals surface area contributed by atoms with E-state index < -0.39 is 5.91 Å². The molecule has 3 rings (SSSR count). The SMILES string of the molecule is CC(=Cc1ccc(Cl)cc1)C(=O)N=[N+]=[N-].Cc1cc2ccc(Cl)cc2c(=O)[nH]1. The molecular formula is C20H16Cl2N4O2. The first-order valence-corrected chi connectivity index (χ1v) is 8.88. The van der Waals surface area contributed by atoms with Crippen molar-refractivity contribution in [3.05, 3.63) is 96.2 Å². The van der Waals surface area contributed by atoms with Gasteiger partial charge in [0.1, 0.15) is 0 Å². The highest BCUT2D eigenvalue weighted by molar-refractivity contribution is 6.31. The highest BCUT2D eigenvalue weighted by Crippen LogP contribution is 2.16. The summed E-state index contributed by atoms with van der Waals surface area (Å²) in [6.07, 6.45) is 1.63. The molecule has 0 radical (unpaired) electrons. The van der Waals surface area contributed by atoms with Crippen LogP contribution < -0.4 is 5.56 Å². The van der Waals surface area contributed by atoms with Gasteiger partial charge < -0.3 is 4.98 Å². The molecule has 0 aliphatic rings. The van der Waals surface area contributed by atoms with Crippen LogP contribution in [0.15, 0.2) is 64.0 Å². The summed E-state index contributed by atoms with van der Waals surface area (Å²) in [6.45, 7) is 3.45. The predicted molar refractivity (Wildman–Crippen MR) is 114 cm³/mol. The quantitative estimate of drug-likeness (QED) is 0.238. The Balaban J connectivity index is 0.000000202. The van der Waals surface area contributed by atoms with Crippen LogP contribution >= 0.6 is 23.2 Å². The van der Waals surface area contributed by atoms with Gasteiger partial charge >= 0.3 is 0 Å². The highest BCUT2D eigenvalue weighted by atomic mass is 35.5. The summed E-state index contributed by atoms with van der Waals surface area (Å²) in [5.74, 6) is -0.576. The predicted octanol–water partition coefficient (Wildman–Crippen LogP) is 6.07. The number of azide groups is 1. The van der Waals surface area contributed by atoms with Crippen LogP contribution in [0.25, 0.3) is 27.3 Å². The lowest BCUT2D eigenvalue weighted by Crippen LogP contribution is -2.06. The van der Waals surface area contributed by atoms with Crippen molar-refractivity contribution in [1.29, 1.82) is 0 Å². The summed E-state index contributed by atoms with van der Waals surface area (Å²) in [5.41, 5.74) is 10.1. The molecule has 0 unspecified atom stereocenters. The van der Waals surface area contributed by atoms with Crippen molar-refractivity contribution in [1.82, 2.24) is 4.98 Å². The zero-order valence-electron chi connectivity index (χ0n) is 15.1. The number of fused-ring (bicyclic) bond motifs is 1. The molecule has 0 aliphatic heterocycles. The Kier molecular flexibility index (Phi) is 7.41. The summed E-state index contributed by atoms with van der Waals surface area (Å²) in [6, 6.07) is 14.2. The molecule has 8 heteroatoms. The number of hydrogen-bond acceptors (Lipinski definition) is 2. The number of carbonyl (C=O) groups is 1. The van der Waals surface area contributed by atoms with Crippen LogP contribution in [-0.4, -0.2) is 10.9 Å². The van der Waals surface area contributed by atoms with Crippen molar-refractivity contribution in [3.8, 4) is 0 Å². The molecule has 0 aliphatic carbocycles. The van der Waals surface area contributed by atoms with E-state index in [1.807, 2.05) is 19.1 Å². The monoisotopic (exact) mass is 414 g/mol. The van der Waals surface area contributed by atoms with E-state index in [1.54, 1.807) is 49.4 Å².